The summed E-state index contributed by atoms with van der Waals surface area (Å²) in [6.07, 6.45) is 2.33. The van der Waals surface area contributed by atoms with Crippen molar-refractivity contribution in [3.63, 3.8) is 0 Å². The Hall–Kier alpha value is -0.900. The van der Waals surface area contributed by atoms with Gasteiger partial charge in [0.15, 0.2) is 0 Å². The first-order chi connectivity index (χ1) is 6.74. The zero-order valence-electron chi connectivity index (χ0n) is 9.32. The van der Waals surface area contributed by atoms with E-state index in [1.807, 2.05) is 0 Å². The Kier molecular flexibility index (Phi) is 4.07. The monoisotopic (exact) mass is 196 g/mol. The number of hydrogen-bond donors (Lipinski definition) is 1. The van der Waals surface area contributed by atoms with E-state index < -0.39 is 0 Å². The molecule has 0 fully saturated rings. The number of rotatable bonds is 5. The minimum absolute atomic E-state index is 0.472. The summed E-state index contributed by atoms with van der Waals surface area (Å²) in [5.74, 6) is 2.45. The van der Waals surface area contributed by atoms with Gasteiger partial charge < -0.3 is 10.3 Å². The highest BCUT2D eigenvalue weighted by Crippen LogP contribution is 2.19. The van der Waals surface area contributed by atoms with Crippen molar-refractivity contribution < 1.29 is 0 Å². The molecule has 0 radical (unpaired) electrons. The summed E-state index contributed by atoms with van der Waals surface area (Å²) in [6.45, 7) is 7.86. The lowest BCUT2D eigenvalue weighted by molar-refractivity contribution is 0.568. The molecule has 4 nitrogen and oxygen atoms in total. The molecule has 14 heavy (non-hydrogen) atoms. The van der Waals surface area contributed by atoms with Gasteiger partial charge in [-0.2, -0.15) is 0 Å². The van der Waals surface area contributed by atoms with E-state index >= 15 is 0 Å². The molecule has 1 rings (SSSR count). The first-order valence-electron chi connectivity index (χ1n) is 5.36. The third-order valence-corrected chi connectivity index (χ3v) is 2.52. The fourth-order valence-electron chi connectivity index (χ4n) is 1.77. The first kappa shape index (κ1) is 11.2. The van der Waals surface area contributed by atoms with Crippen molar-refractivity contribution in [1.29, 1.82) is 0 Å². The third kappa shape index (κ3) is 2.12. The molecule has 0 aliphatic rings. The van der Waals surface area contributed by atoms with E-state index in [0.717, 1.165) is 24.6 Å². The Labute approximate surface area is 85.5 Å². The largest absolute Gasteiger partial charge is 0.324 e. The standard InChI is InChI=1S/C10H20N4/c1-4-6-8(3)10-13-12-9(7-11)14(10)5-2/h8H,4-7,11H2,1-3H3. The van der Waals surface area contributed by atoms with Crippen LogP contribution < -0.4 is 5.73 Å². The summed E-state index contributed by atoms with van der Waals surface area (Å²) in [5, 5.41) is 8.31. The maximum Gasteiger partial charge on any atom is 0.146 e. The molecule has 4 heteroatoms. The second kappa shape index (κ2) is 5.10. The van der Waals surface area contributed by atoms with E-state index in [9.17, 15) is 0 Å². The van der Waals surface area contributed by atoms with Crippen LogP contribution in [0.2, 0.25) is 0 Å². The average Bonchev–Trinajstić information content (AvgIpc) is 2.60. The molecule has 1 heterocycles. The molecule has 2 N–H and O–H groups in total. The zero-order chi connectivity index (χ0) is 10.6. The van der Waals surface area contributed by atoms with Gasteiger partial charge in [0, 0.05) is 12.5 Å². The summed E-state index contributed by atoms with van der Waals surface area (Å²) in [5.41, 5.74) is 5.59. The summed E-state index contributed by atoms with van der Waals surface area (Å²) >= 11 is 0. The fraction of sp³-hybridized carbons (Fsp3) is 0.800. The van der Waals surface area contributed by atoms with E-state index in [0.29, 0.717) is 12.5 Å². The van der Waals surface area contributed by atoms with Crippen LogP contribution in [0, 0.1) is 0 Å². The maximum atomic E-state index is 5.59. The molecule has 1 aromatic heterocycles. The van der Waals surface area contributed by atoms with Crippen LogP contribution in [-0.2, 0) is 13.1 Å². The molecule has 0 aliphatic carbocycles. The minimum atomic E-state index is 0.472. The minimum Gasteiger partial charge on any atom is -0.324 e. The number of nitrogens with zero attached hydrogens (tertiary/aromatic N) is 3. The summed E-state index contributed by atoms with van der Waals surface area (Å²) < 4.78 is 2.13. The highest BCUT2D eigenvalue weighted by molar-refractivity contribution is 5.00. The number of nitrogens with two attached hydrogens (primary N) is 1. The second-order valence-electron chi connectivity index (χ2n) is 3.61. The van der Waals surface area contributed by atoms with Crippen molar-refractivity contribution in [2.24, 2.45) is 5.73 Å². The van der Waals surface area contributed by atoms with Crippen LogP contribution in [-0.4, -0.2) is 14.8 Å². The van der Waals surface area contributed by atoms with Crippen LogP contribution in [0.1, 0.15) is 51.2 Å². The fourth-order valence-corrected chi connectivity index (χ4v) is 1.77. The molecule has 0 saturated heterocycles. The first-order valence-corrected chi connectivity index (χ1v) is 5.36. The molecule has 1 aromatic rings. The average molecular weight is 196 g/mol. The van der Waals surface area contributed by atoms with Crippen LogP contribution in [0.15, 0.2) is 0 Å². The quantitative estimate of drug-likeness (QED) is 0.779. The molecular weight excluding hydrogens is 176 g/mol. The third-order valence-electron chi connectivity index (χ3n) is 2.52. The molecule has 0 aromatic carbocycles. The van der Waals surface area contributed by atoms with Crippen LogP contribution in [0.25, 0.3) is 0 Å². The SMILES string of the molecule is CCCC(C)c1nnc(CN)n1CC. The summed E-state index contributed by atoms with van der Waals surface area (Å²) in [6, 6.07) is 0. The Morgan fingerprint density at radius 3 is 2.57 bits per heavy atom. The maximum absolute atomic E-state index is 5.59. The topological polar surface area (TPSA) is 56.7 Å². The van der Waals surface area contributed by atoms with Crippen LogP contribution in [0.3, 0.4) is 0 Å². The van der Waals surface area contributed by atoms with E-state index in [2.05, 4.69) is 35.5 Å². The summed E-state index contributed by atoms with van der Waals surface area (Å²) in [4.78, 5) is 0. The molecular formula is C10H20N4. The lowest BCUT2D eigenvalue weighted by Crippen LogP contribution is -2.11. The van der Waals surface area contributed by atoms with Gasteiger partial charge in [0.05, 0.1) is 6.54 Å². The van der Waals surface area contributed by atoms with Crippen LogP contribution >= 0.6 is 0 Å². The Morgan fingerprint density at radius 1 is 1.36 bits per heavy atom. The Bertz CT molecular complexity index is 280. The second-order valence-corrected chi connectivity index (χ2v) is 3.61. The van der Waals surface area contributed by atoms with Crippen molar-refractivity contribution in [2.45, 2.75) is 52.6 Å². The van der Waals surface area contributed by atoms with Gasteiger partial charge >= 0.3 is 0 Å². The van der Waals surface area contributed by atoms with Crippen molar-refractivity contribution in [1.82, 2.24) is 14.8 Å². The van der Waals surface area contributed by atoms with Gasteiger partial charge in [-0.25, -0.2) is 0 Å². The Morgan fingerprint density at radius 2 is 2.07 bits per heavy atom. The van der Waals surface area contributed by atoms with Gasteiger partial charge in [0.2, 0.25) is 0 Å². The van der Waals surface area contributed by atoms with Gasteiger partial charge in [-0.05, 0) is 13.3 Å². The van der Waals surface area contributed by atoms with E-state index in [1.54, 1.807) is 0 Å². The lowest BCUT2D eigenvalue weighted by Gasteiger charge is -2.11. The van der Waals surface area contributed by atoms with Gasteiger partial charge in [0.25, 0.3) is 0 Å². The Balaban J connectivity index is 2.90. The molecule has 0 amide bonds. The number of hydrogen-bond acceptors (Lipinski definition) is 3. The van der Waals surface area contributed by atoms with Crippen LogP contribution in [0.5, 0.6) is 0 Å². The van der Waals surface area contributed by atoms with Crippen molar-refractivity contribution in [3.05, 3.63) is 11.6 Å². The molecule has 0 spiro atoms. The van der Waals surface area contributed by atoms with E-state index in [1.165, 1.54) is 6.42 Å². The van der Waals surface area contributed by atoms with Gasteiger partial charge in [0.1, 0.15) is 11.6 Å². The van der Waals surface area contributed by atoms with Crippen molar-refractivity contribution in [3.8, 4) is 0 Å². The molecule has 0 aliphatic heterocycles. The predicted molar refractivity (Wildman–Crippen MR) is 56.9 cm³/mol. The van der Waals surface area contributed by atoms with Gasteiger partial charge in [-0.1, -0.05) is 20.3 Å². The van der Waals surface area contributed by atoms with Crippen LogP contribution in [0.4, 0.5) is 0 Å². The van der Waals surface area contributed by atoms with E-state index in [-0.39, 0.29) is 0 Å². The zero-order valence-corrected chi connectivity index (χ0v) is 9.32. The van der Waals surface area contributed by atoms with Gasteiger partial charge in [-0.3, -0.25) is 0 Å². The molecule has 0 bridgehead atoms. The normalized spacial score (nSPS) is 13.1. The number of aromatic nitrogens is 3. The highest BCUT2D eigenvalue weighted by Gasteiger charge is 2.14. The molecule has 1 atom stereocenters. The lowest BCUT2D eigenvalue weighted by atomic mass is 10.1. The predicted octanol–water partition coefficient (Wildman–Crippen LogP) is 1.66. The van der Waals surface area contributed by atoms with E-state index in [4.69, 9.17) is 5.73 Å². The van der Waals surface area contributed by atoms with Gasteiger partial charge in [-0.15, -0.1) is 10.2 Å². The summed E-state index contributed by atoms with van der Waals surface area (Å²) in [7, 11) is 0. The molecule has 1 unspecified atom stereocenters. The highest BCUT2D eigenvalue weighted by atomic mass is 15.3. The molecule has 80 valence electrons. The molecule has 0 saturated carbocycles. The smallest absolute Gasteiger partial charge is 0.146 e. The van der Waals surface area contributed by atoms with Crippen molar-refractivity contribution in [2.75, 3.05) is 0 Å². The van der Waals surface area contributed by atoms with Crippen molar-refractivity contribution >= 4 is 0 Å².